The maximum atomic E-state index is 13.8. The number of carbonyl (C=O) groups is 2. The van der Waals surface area contributed by atoms with E-state index in [-0.39, 0.29) is 31.0 Å². The van der Waals surface area contributed by atoms with Crippen LogP contribution in [0.25, 0.3) is 0 Å². The average Bonchev–Trinajstić information content (AvgIpc) is 3.57. The van der Waals surface area contributed by atoms with E-state index in [0.29, 0.717) is 17.2 Å². The maximum Gasteiger partial charge on any atom is 0.244 e. The summed E-state index contributed by atoms with van der Waals surface area (Å²) in [6, 6.07) is 11.8. The van der Waals surface area contributed by atoms with Crippen molar-refractivity contribution in [2.45, 2.75) is 65.1 Å². The standard InChI is InChI=1S/C27H35N3O6S/c1-4-37(33,34)30(23-13-14-24-25(15-23)36-18-35-24)17-26(31)29(16-21-10-6-5-9-19(21)2)20(3)27(32)28-22-11-7-8-12-22/h5-6,9-10,13-15,20,22H,4,7-8,11-12,16-18H2,1-3H3,(H,28,32). The smallest absolute Gasteiger partial charge is 0.244 e. The van der Waals surface area contributed by atoms with Gasteiger partial charge in [0, 0.05) is 18.7 Å². The van der Waals surface area contributed by atoms with Crippen molar-refractivity contribution in [2.75, 3.05) is 23.4 Å². The molecule has 2 aliphatic rings. The maximum absolute atomic E-state index is 13.8. The van der Waals surface area contributed by atoms with Crippen LogP contribution in [0.1, 0.15) is 50.7 Å². The number of carbonyl (C=O) groups excluding carboxylic acids is 2. The highest BCUT2D eigenvalue weighted by molar-refractivity contribution is 7.92. The molecule has 0 spiro atoms. The molecule has 1 unspecified atom stereocenters. The molecule has 1 saturated carbocycles. The molecule has 2 amide bonds. The Morgan fingerprint density at radius 1 is 1.08 bits per heavy atom. The molecular weight excluding hydrogens is 494 g/mol. The monoisotopic (exact) mass is 529 g/mol. The van der Waals surface area contributed by atoms with Crippen LogP contribution in [0.5, 0.6) is 11.5 Å². The highest BCUT2D eigenvalue weighted by Crippen LogP contribution is 2.36. The van der Waals surface area contributed by atoms with Crippen LogP contribution in [0.2, 0.25) is 0 Å². The summed E-state index contributed by atoms with van der Waals surface area (Å²) < 4.78 is 38.1. The number of ether oxygens (including phenoxy) is 2. The minimum absolute atomic E-state index is 0.0517. The van der Waals surface area contributed by atoms with Crippen LogP contribution in [0.3, 0.4) is 0 Å². The Morgan fingerprint density at radius 2 is 1.78 bits per heavy atom. The Bertz CT molecular complexity index is 1240. The second-order valence-corrected chi connectivity index (χ2v) is 11.7. The first-order chi connectivity index (χ1) is 17.7. The largest absolute Gasteiger partial charge is 0.454 e. The first-order valence-corrected chi connectivity index (χ1v) is 14.3. The summed E-state index contributed by atoms with van der Waals surface area (Å²) in [5.41, 5.74) is 2.18. The number of sulfonamides is 1. The molecule has 0 saturated heterocycles. The second-order valence-electron chi connectivity index (χ2n) is 9.56. The molecule has 4 rings (SSSR count). The lowest BCUT2D eigenvalue weighted by atomic mass is 10.1. The van der Waals surface area contributed by atoms with Gasteiger partial charge >= 0.3 is 0 Å². The molecule has 1 heterocycles. The van der Waals surface area contributed by atoms with Gasteiger partial charge in [-0.3, -0.25) is 13.9 Å². The SMILES string of the molecule is CCS(=O)(=O)N(CC(=O)N(Cc1ccccc1C)C(C)C(=O)NC1CCCC1)c1ccc2c(c1)OCO2. The van der Waals surface area contributed by atoms with E-state index in [1.807, 2.05) is 31.2 Å². The third kappa shape index (κ3) is 6.18. The molecule has 2 aromatic carbocycles. The molecular formula is C27H35N3O6S. The molecule has 1 aliphatic carbocycles. The molecule has 1 fully saturated rings. The van der Waals surface area contributed by atoms with Crippen molar-refractivity contribution in [3.8, 4) is 11.5 Å². The van der Waals surface area contributed by atoms with Gasteiger partial charge < -0.3 is 19.7 Å². The van der Waals surface area contributed by atoms with E-state index in [1.165, 1.54) is 11.8 Å². The first kappa shape index (κ1) is 26.8. The third-order valence-corrected chi connectivity index (χ3v) is 8.84. The number of fused-ring (bicyclic) bond motifs is 1. The summed E-state index contributed by atoms with van der Waals surface area (Å²) in [6.07, 6.45) is 4.00. The molecule has 1 N–H and O–H groups in total. The number of benzene rings is 2. The zero-order valence-corrected chi connectivity index (χ0v) is 22.4. The van der Waals surface area contributed by atoms with Crippen LogP contribution in [0.4, 0.5) is 5.69 Å². The predicted molar refractivity (Wildman–Crippen MR) is 141 cm³/mol. The van der Waals surface area contributed by atoms with Gasteiger partial charge in [-0.1, -0.05) is 37.1 Å². The third-order valence-electron chi connectivity index (χ3n) is 7.09. The van der Waals surface area contributed by atoms with Gasteiger partial charge in [-0.25, -0.2) is 8.42 Å². The van der Waals surface area contributed by atoms with E-state index in [0.717, 1.165) is 41.1 Å². The molecule has 200 valence electrons. The lowest BCUT2D eigenvalue weighted by molar-refractivity contribution is -0.139. The topological polar surface area (TPSA) is 105 Å². The van der Waals surface area contributed by atoms with Gasteiger partial charge in [0.05, 0.1) is 11.4 Å². The summed E-state index contributed by atoms with van der Waals surface area (Å²) in [6.45, 7) is 4.97. The lowest BCUT2D eigenvalue weighted by Crippen LogP contribution is -2.52. The fourth-order valence-corrected chi connectivity index (χ4v) is 5.76. The number of hydrogen-bond donors (Lipinski definition) is 1. The summed E-state index contributed by atoms with van der Waals surface area (Å²) in [5, 5.41) is 3.07. The molecule has 0 aromatic heterocycles. The van der Waals surface area contributed by atoms with Gasteiger partial charge in [0.2, 0.25) is 28.6 Å². The molecule has 0 bridgehead atoms. The number of rotatable bonds is 10. The van der Waals surface area contributed by atoms with Crippen molar-refractivity contribution in [2.24, 2.45) is 0 Å². The molecule has 2 aromatic rings. The average molecular weight is 530 g/mol. The summed E-state index contributed by atoms with van der Waals surface area (Å²) in [7, 11) is -3.82. The number of hydrogen-bond acceptors (Lipinski definition) is 6. The minimum Gasteiger partial charge on any atom is -0.454 e. The van der Waals surface area contributed by atoms with E-state index in [2.05, 4.69) is 5.32 Å². The van der Waals surface area contributed by atoms with Crippen LogP contribution >= 0.6 is 0 Å². The van der Waals surface area contributed by atoms with E-state index < -0.39 is 28.5 Å². The van der Waals surface area contributed by atoms with E-state index >= 15 is 0 Å². The van der Waals surface area contributed by atoms with Crippen LogP contribution in [0.15, 0.2) is 42.5 Å². The molecule has 1 aliphatic heterocycles. The van der Waals surface area contributed by atoms with Crippen molar-refractivity contribution in [3.63, 3.8) is 0 Å². The van der Waals surface area contributed by atoms with Crippen molar-refractivity contribution < 1.29 is 27.5 Å². The van der Waals surface area contributed by atoms with Crippen LogP contribution in [-0.2, 0) is 26.2 Å². The van der Waals surface area contributed by atoms with E-state index in [4.69, 9.17) is 9.47 Å². The predicted octanol–water partition coefficient (Wildman–Crippen LogP) is 3.36. The van der Waals surface area contributed by atoms with Crippen LogP contribution in [-0.4, -0.2) is 56.3 Å². The highest BCUT2D eigenvalue weighted by atomic mass is 32.2. The summed E-state index contributed by atoms with van der Waals surface area (Å²) in [4.78, 5) is 28.5. The Labute approximate surface area is 218 Å². The Balaban J connectivity index is 1.62. The lowest BCUT2D eigenvalue weighted by Gasteiger charge is -2.32. The summed E-state index contributed by atoms with van der Waals surface area (Å²) >= 11 is 0. The number of aryl methyl sites for hydroxylation is 1. The highest BCUT2D eigenvalue weighted by Gasteiger charge is 2.32. The van der Waals surface area contributed by atoms with Crippen LogP contribution in [0, 0.1) is 6.92 Å². The van der Waals surface area contributed by atoms with Crippen molar-refractivity contribution in [1.29, 1.82) is 0 Å². The molecule has 9 nitrogen and oxygen atoms in total. The fourth-order valence-electron chi connectivity index (χ4n) is 4.71. The van der Waals surface area contributed by atoms with Gasteiger partial charge in [0.1, 0.15) is 12.6 Å². The molecule has 37 heavy (non-hydrogen) atoms. The van der Waals surface area contributed by atoms with Gasteiger partial charge in [-0.15, -0.1) is 0 Å². The molecule has 1 atom stereocenters. The zero-order chi connectivity index (χ0) is 26.6. The number of amides is 2. The van der Waals surface area contributed by atoms with Gasteiger partial charge in [-0.05, 0) is 56.9 Å². The normalized spacial score (nSPS) is 15.9. The molecule has 10 heteroatoms. The number of nitrogens with zero attached hydrogens (tertiary/aromatic N) is 2. The van der Waals surface area contributed by atoms with E-state index in [9.17, 15) is 18.0 Å². The van der Waals surface area contributed by atoms with Crippen molar-refractivity contribution >= 4 is 27.5 Å². The van der Waals surface area contributed by atoms with Crippen molar-refractivity contribution in [1.82, 2.24) is 10.2 Å². The van der Waals surface area contributed by atoms with Crippen LogP contribution < -0.4 is 19.1 Å². The second kappa shape index (κ2) is 11.4. The Hall–Kier alpha value is -3.27. The Morgan fingerprint density at radius 3 is 2.49 bits per heavy atom. The summed E-state index contributed by atoms with van der Waals surface area (Å²) in [5.74, 6) is 0.0444. The van der Waals surface area contributed by atoms with Gasteiger partial charge in [0.25, 0.3) is 0 Å². The fraction of sp³-hybridized carbons (Fsp3) is 0.481. The first-order valence-electron chi connectivity index (χ1n) is 12.7. The quantitative estimate of drug-likeness (QED) is 0.506. The van der Waals surface area contributed by atoms with Crippen molar-refractivity contribution in [3.05, 3.63) is 53.6 Å². The van der Waals surface area contributed by atoms with Gasteiger partial charge in [-0.2, -0.15) is 0 Å². The molecule has 0 radical (unpaired) electrons. The number of anilines is 1. The van der Waals surface area contributed by atoms with Gasteiger partial charge in [0.15, 0.2) is 11.5 Å². The zero-order valence-electron chi connectivity index (χ0n) is 21.6. The minimum atomic E-state index is -3.82. The Kier molecular flexibility index (Phi) is 8.26. The number of nitrogens with one attached hydrogen (secondary N) is 1. The van der Waals surface area contributed by atoms with E-state index in [1.54, 1.807) is 25.1 Å².